The van der Waals surface area contributed by atoms with E-state index in [1.54, 1.807) is 6.08 Å². The fourth-order valence-corrected chi connectivity index (χ4v) is 0.948. The summed E-state index contributed by atoms with van der Waals surface area (Å²) in [6.45, 7) is 11.9. The summed E-state index contributed by atoms with van der Waals surface area (Å²) in [4.78, 5) is 0. The van der Waals surface area contributed by atoms with Crippen LogP contribution in [0.1, 0.15) is 34.1 Å². The minimum absolute atomic E-state index is 0.277. The molecule has 0 aromatic rings. The Morgan fingerprint density at radius 3 is 2.54 bits per heavy atom. The highest BCUT2D eigenvalue weighted by Crippen LogP contribution is 2.14. The molecule has 13 heavy (non-hydrogen) atoms. The predicted molar refractivity (Wildman–Crippen MR) is 58.5 cm³/mol. The van der Waals surface area contributed by atoms with Crippen LogP contribution >= 0.6 is 0 Å². The van der Waals surface area contributed by atoms with Crippen molar-refractivity contribution in [3.05, 3.63) is 36.1 Å². The standard InChI is InChI=1S/C12H20O/c1-6-9-10(4)12(8-3)13-11(5)7-2/h6,8-9,11H,1,7H2,2-5H3. The van der Waals surface area contributed by atoms with Gasteiger partial charge in [0.1, 0.15) is 5.76 Å². The summed E-state index contributed by atoms with van der Waals surface area (Å²) >= 11 is 0. The van der Waals surface area contributed by atoms with Gasteiger partial charge in [-0.15, -0.1) is 0 Å². The van der Waals surface area contributed by atoms with Crippen molar-refractivity contribution in [3.63, 3.8) is 0 Å². The van der Waals surface area contributed by atoms with E-state index >= 15 is 0 Å². The molecule has 0 heterocycles. The molecule has 1 nitrogen and oxygen atoms in total. The van der Waals surface area contributed by atoms with Crippen molar-refractivity contribution in [3.8, 4) is 0 Å². The molecule has 0 aliphatic carbocycles. The molecule has 0 N–H and O–H groups in total. The molecule has 0 aliphatic rings. The number of allylic oxidation sites excluding steroid dienone is 4. The van der Waals surface area contributed by atoms with Crippen molar-refractivity contribution in [1.29, 1.82) is 0 Å². The minimum atomic E-state index is 0.277. The van der Waals surface area contributed by atoms with Crippen LogP contribution in [0, 0.1) is 0 Å². The van der Waals surface area contributed by atoms with Gasteiger partial charge in [0.05, 0.1) is 6.10 Å². The normalized spacial score (nSPS) is 15.4. The van der Waals surface area contributed by atoms with Gasteiger partial charge in [0.15, 0.2) is 0 Å². The van der Waals surface area contributed by atoms with E-state index in [1.807, 2.05) is 26.0 Å². The fraction of sp³-hybridized carbons (Fsp3) is 0.500. The van der Waals surface area contributed by atoms with Crippen molar-refractivity contribution in [2.75, 3.05) is 0 Å². The van der Waals surface area contributed by atoms with E-state index in [9.17, 15) is 0 Å². The van der Waals surface area contributed by atoms with Crippen molar-refractivity contribution < 1.29 is 4.74 Å². The molecule has 74 valence electrons. The summed E-state index contributed by atoms with van der Waals surface area (Å²) in [5, 5.41) is 0. The monoisotopic (exact) mass is 180 g/mol. The summed E-state index contributed by atoms with van der Waals surface area (Å²) in [5.41, 5.74) is 1.12. The summed E-state index contributed by atoms with van der Waals surface area (Å²) in [6.07, 6.45) is 7.02. The summed E-state index contributed by atoms with van der Waals surface area (Å²) in [7, 11) is 0. The first-order valence-electron chi connectivity index (χ1n) is 4.78. The third-order valence-corrected chi connectivity index (χ3v) is 1.92. The molecular formula is C12H20O. The topological polar surface area (TPSA) is 9.23 Å². The second kappa shape index (κ2) is 6.53. The first-order chi connectivity index (χ1) is 6.15. The smallest absolute Gasteiger partial charge is 0.118 e. The van der Waals surface area contributed by atoms with E-state index in [0.29, 0.717) is 0 Å². The van der Waals surface area contributed by atoms with E-state index in [0.717, 1.165) is 17.8 Å². The number of hydrogen-bond donors (Lipinski definition) is 0. The van der Waals surface area contributed by atoms with Gasteiger partial charge in [-0.2, -0.15) is 0 Å². The lowest BCUT2D eigenvalue weighted by atomic mass is 10.2. The number of rotatable bonds is 5. The zero-order valence-electron chi connectivity index (χ0n) is 9.13. The second-order valence-corrected chi connectivity index (χ2v) is 3.08. The molecule has 0 saturated carbocycles. The predicted octanol–water partition coefficient (Wildman–Crippen LogP) is 3.84. The summed E-state index contributed by atoms with van der Waals surface area (Å²) in [6, 6.07) is 0. The molecular weight excluding hydrogens is 160 g/mol. The Balaban J connectivity index is 4.36. The summed E-state index contributed by atoms with van der Waals surface area (Å²) in [5.74, 6) is 0.953. The Kier molecular flexibility index (Phi) is 6.03. The first-order valence-corrected chi connectivity index (χ1v) is 4.78. The van der Waals surface area contributed by atoms with E-state index in [4.69, 9.17) is 4.74 Å². The van der Waals surface area contributed by atoms with Crippen molar-refractivity contribution in [2.45, 2.75) is 40.2 Å². The summed E-state index contributed by atoms with van der Waals surface area (Å²) < 4.78 is 5.71. The van der Waals surface area contributed by atoms with Gasteiger partial charge in [-0.1, -0.05) is 25.7 Å². The van der Waals surface area contributed by atoms with Crippen LogP contribution in [0.3, 0.4) is 0 Å². The number of hydrogen-bond acceptors (Lipinski definition) is 1. The van der Waals surface area contributed by atoms with Crippen molar-refractivity contribution in [1.82, 2.24) is 0 Å². The first kappa shape index (κ1) is 12.0. The lowest BCUT2D eigenvalue weighted by Crippen LogP contribution is -2.06. The lowest BCUT2D eigenvalue weighted by molar-refractivity contribution is 0.134. The van der Waals surface area contributed by atoms with Crippen LogP contribution in [-0.4, -0.2) is 6.10 Å². The molecule has 1 atom stereocenters. The minimum Gasteiger partial charge on any atom is -0.491 e. The zero-order valence-corrected chi connectivity index (χ0v) is 9.13. The molecule has 0 bridgehead atoms. The molecule has 0 aromatic carbocycles. The maximum absolute atomic E-state index is 5.71. The van der Waals surface area contributed by atoms with Crippen LogP contribution in [0.25, 0.3) is 0 Å². The Morgan fingerprint density at radius 1 is 1.54 bits per heavy atom. The molecule has 0 fully saturated rings. The molecule has 0 radical (unpaired) electrons. The highest BCUT2D eigenvalue weighted by Gasteiger charge is 2.03. The average molecular weight is 180 g/mol. The molecule has 0 aliphatic heterocycles. The van der Waals surface area contributed by atoms with Gasteiger partial charge >= 0.3 is 0 Å². The Bertz CT molecular complexity index is 211. The van der Waals surface area contributed by atoms with Crippen LogP contribution in [0.15, 0.2) is 36.1 Å². The maximum Gasteiger partial charge on any atom is 0.118 e. The molecule has 1 heteroatoms. The van der Waals surface area contributed by atoms with Crippen LogP contribution in [0.4, 0.5) is 0 Å². The molecule has 1 unspecified atom stereocenters. The molecule has 0 spiro atoms. The SMILES string of the molecule is C=CC=C(C)C(=CC)OC(C)CC. The molecule has 0 amide bonds. The van der Waals surface area contributed by atoms with Crippen molar-refractivity contribution >= 4 is 0 Å². The Labute approximate surface area is 81.8 Å². The molecule has 0 saturated heterocycles. The van der Waals surface area contributed by atoms with Crippen LogP contribution in [0.5, 0.6) is 0 Å². The van der Waals surface area contributed by atoms with Crippen LogP contribution < -0.4 is 0 Å². The van der Waals surface area contributed by atoms with Crippen LogP contribution in [-0.2, 0) is 4.74 Å². The quantitative estimate of drug-likeness (QED) is 0.461. The van der Waals surface area contributed by atoms with Gasteiger partial charge in [0, 0.05) is 0 Å². The van der Waals surface area contributed by atoms with Crippen molar-refractivity contribution in [2.24, 2.45) is 0 Å². The van der Waals surface area contributed by atoms with Gasteiger partial charge in [0.2, 0.25) is 0 Å². The van der Waals surface area contributed by atoms with E-state index in [1.165, 1.54) is 0 Å². The van der Waals surface area contributed by atoms with Crippen LogP contribution in [0.2, 0.25) is 0 Å². The highest BCUT2D eigenvalue weighted by molar-refractivity contribution is 5.26. The Morgan fingerprint density at radius 2 is 2.15 bits per heavy atom. The number of ether oxygens (including phenoxy) is 1. The molecule has 0 aromatic heterocycles. The lowest BCUT2D eigenvalue weighted by Gasteiger charge is -2.15. The largest absolute Gasteiger partial charge is 0.491 e. The third-order valence-electron chi connectivity index (χ3n) is 1.92. The van der Waals surface area contributed by atoms with E-state index in [2.05, 4.69) is 20.4 Å². The van der Waals surface area contributed by atoms with Gasteiger partial charge in [-0.25, -0.2) is 0 Å². The van der Waals surface area contributed by atoms with E-state index < -0.39 is 0 Å². The second-order valence-electron chi connectivity index (χ2n) is 3.08. The Hall–Kier alpha value is -0.980. The molecule has 0 rings (SSSR count). The van der Waals surface area contributed by atoms with Gasteiger partial charge in [-0.3, -0.25) is 0 Å². The van der Waals surface area contributed by atoms with Gasteiger partial charge < -0.3 is 4.74 Å². The highest BCUT2D eigenvalue weighted by atomic mass is 16.5. The van der Waals surface area contributed by atoms with Gasteiger partial charge in [-0.05, 0) is 38.8 Å². The fourth-order valence-electron chi connectivity index (χ4n) is 0.948. The average Bonchev–Trinajstić information content (AvgIpc) is 2.14. The third kappa shape index (κ3) is 4.56. The zero-order chi connectivity index (χ0) is 10.3. The van der Waals surface area contributed by atoms with Gasteiger partial charge in [0.25, 0.3) is 0 Å². The van der Waals surface area contributed by atoms with E-state index in [-0.39, 0.29) is 6.10 Å². The maximum atomic E-state index is 5.71.